The van der Waals surface area contributed by atoms with E-state index in [4.69, 9.17) is 14.2 Å². The van der Waals surface area contributed by atoms with Crippen molar-refractivity contribution in [1.82, 2.24) is 0 Å². The molecule has 0 saturated carbocycles. The third-order valence-electron chi connectivity index (χ3n) is 2.80. The first-order valence-corrected chi connectivity index (χ1v) is 7.56. The summed E-state index contributed by atoms with van der Waals surface area (Å²) >= 11 is 0. The van der Waals surface area contributed by atoms with Crippen molar-refractivity contribution < 1.29 is 19.0 Å². The van der Waals surface area contributed by atoms with Crippen LogP contribution in [-0.2, 0) is 19.0 Å². The van der Waals surface area contributed by atoms with E-state index in [1.165, 1.54) is 45.4 Å². The summed E-state index contributed by atoms with van der Waals surface area (Å²) < 4.78 is 15.4. The maximum atomic E-state index is 10.5. The second-order valence-corrected chi connectivity index (χ2v) is 4.69. The van der Waals surface area contributed by atoms with Crippen LogP contribution in [0.1, 0.15) is 58.8 Å². The number of ether oxygens (including phenoxy) is 3. The summed E-state index contributed by atoms with van der Waals surface area (Å²) in [6.45, 7) is 6.41. The van der Waals surface area contributed by atoms with E-state index in [0.29, 0.717) is 26.4 Å². The van der Waals surface area contributed by atoms with Gasteiger partial charge in [0, 0.05) is 13.5 Å². The summed E-state index contributed by atoms with van der Waals surface area (Å²) in [6, 6.07) is 0. The lowest BCUT2D eigenvalue weighted by atomic mass is 10.1. The Hall–Kier alpha value is -0.610. The standard InChI is InChI=1S/C15H30O4/c1-3-4-5-6-7-8-9-10-17-11-12-18-13-14-19-15(2)16/h3-14H2,1-2H3. The van der Waals surface area contributed by atoms with Crippen LogP contribution in [0.5, 0.6) is 0 Å². The van der Waals surface area contributed by atoms with Gasteiger partial charge < -0.3 is 14.2 Å². The second kappa shape index (κ2) is 15.4. The number of hydrogen-bond acceptors (Lipinski definition) is 4. The number of esters is 1. The van der Waals surface area contributed by atoms with E-state index >= 15 is 0 Å². The molecule has 0 amide bonds. The zero-order valence-electron chi connectivity index (χ0n) is 12.6. The first-order valence-electron chi connectivity index (χ1n) is 7.56. The minimum Gasteiger partial charge on any atom is -0.463 e. The van der Waals surface area contributed by atoms with Gasteiger partial charge in [0.2, 0.25) is 0 Å². The number of carbonyl (C=O) groups is 1. The first kappa shape index (κ1) is 18.4. The summed E-state index contributed by atoms with van der Waals surface area (Å²) in [5.41, 5.74) is 0. The highest BCUT2D eigenvalue weighted by atomic mass is 16.6. The van der Waals surface area contributed by atoms with Crippen LogP contribution in [0, 0.1) is 0 Å². The molecular formula is C15H30O4. The Balaban J connectivity index is 2.93. The molecule has 19 heavy (non-hydrogen) atoms. The van der Waals surface area contributed by atoms with Crippen molar-refractivity contribution in [3.63, 3.8) is 0 Å². The van der Waals surface area contributed by atoms with E-state index in [2.05, 4.69) is 6.92 Å². The fourth-order valence-corrected chi connectivity index (χ4v) is 1.73. The van der Waals surface area contributed by atoms with E-state index in [-0.39, 0.29) is 5.97 Å². The molecule has 0 saturated heterocycles. The highest BCUT2D eigenvalue weighted by Gasteiger charge is 1.94. The van der Waals surface area contributed by atoms with Gasteiger partial charge >= 0.3 is 5.97 Å². The molecule has 0 heterocycles. The Morgan fingerprint density at radius 1 is 0.737 bits per heavy atom. The summed E-state index contributed by atoms with van der Waals surface area (Å²) in [5.74, 6) is -0.265. The second-order valence-electron chi connectivity index (χ2n) is 4.69. The maximum Gasteiger partial charge on any atom is 0.302 e. The third kappa shape index (κ3) is 17.4. The molecule has 0 aliphatic heterocycles. The zero-order valence-corrected chi connectivity index (χ0v) is 12.6. The number of carbonyl (C=O) groups excluding carboxylic acids is 1. The monoisotopic (exact) mass is 274 g/mol. The molecule has 0 aliphatic rings. The van der Waals surface area contributed by atoms with E-state index < -0.39 is 0 Å². The summed E-state index contributed by atoms with van der Waals surface area (Å²) in [6.07, 6.45) is 9.11. The van der Waals surface area contributed by atoms with Crippen molar-refractivity contribution in [2.45, 2.75) is 58.8 Å². The Labute approximate surface area is 117 Å². The average molecular weight is 274 g/mol. The number of hydrogen-bond donors (Lipinski definition) is 0. The molecule has 0 aromatic heterocycles. The van der Waals surface area contributed by atoms with Crippen LogP contribution in [0.15, 0.2) is 0 Å². The van der Waals surface area contributed by atoms with Crippen molar-refractivity contribution >= 4 is 5.97 Å². The van der Waals surface area contributed by atoms with Crippen LogP contribution in [0.25, 0.3) is 0 Å². The SMILES string of the molecule is CCCCCCCCCOCCOCCOC(C)=O. The van der Waals surface area contributed by atoms with Crippen LogP contribution in [0.3, 0.4) is 0 Å². The van der Waals surface area contributed by atoms with Gasteiger partial charge in [-0.25, -0.2) is 0 Å². The molecule has 0 spiro atoms. The van der Waals surface area contributed by atoms with Crippen LogP contribution in [0.4, 0.5) is 0 Å². The summed E-state index contributed by atoms with van der Waals surface area (Å²) in [7, 11) is 0. The van der Waals surface area contributed by atoms with E-state index in [1.54, 1.807) is 0 Å². The van der Waals surface area contributed by atoms with Gasteiger partial charge in [0.25, 0.3) is 0 Å². The maximum absolute atomic E-state index is 10.5. The molecule has 0 rings (SSSR count). The third-order valence-corrected chi connectivity index (χ3v) is 2.80. The topological polar surface area (TPSA) is 44.8 Å². The molecule has 0 unspecified atom stereocenters. The lowest BCUT2D eigenvalue weighted by Crippen LogP contribution is -2.11. The van der Waals surface area contributed by atoms with Gasteiger partial charge in [-0.2, -0.15) is 0 Å². The number of unbranched alkanes of at least 4 members (excludes halogenated alkanes) is 6. The van der Waals surface area contributed by atoms with Gasteiger partial charge in [0.15, 0.2) is 0 Å². The van der Waals surface area contributed by atoms with Crippen LogP contribution >= 0.6 is 0 Å². The largest absolute Gasteiger partial charge is 0.463 e. The van der Waals surface area contributed by atoms with Gasteiger partial charge in [0.1, 0.15) is 6.61 Å². The van der Waals surface area contributed by atoms with Crippen LogP contribution < -0.4 is 0 Å². The van der Waals surface area contributed by atoms with Crippen molar-refractivity contribution in [3.05, 3.63) is 0 Å². The summed E-state index contributed by atoms with van der Waals surface area (Å²) in [5, 5.41) is 0. The minimum atomic E-state index is -0.265. The highest BCUT2D eigenvalue weighted by Crippen LogP contribution is 2.06. The minimum absolute atomic E-state index is 0.265. The Morgan fingerprint density at radius 2 is 1.26 bits per heavy atom. The number of rotatable bonds is 14. The molecule has 114 valence electrons. The lowest BCUT2D eigenvalue weighted by molar-refractivity contribution is -0.142. The summed E-state index contributed by atoms with van der Waals surface area (Å²) in [4.78, 5) is 10.5. The van der Waals surface area contributed by atoms with Crippen molar-refractivity contribution in [3.8, 4) is 0 Å². The molecule has 0 radical (unpaired) electrons. The molecule has 0 aromatic rings. The molecule has 0 aliphatic carbocycles. The molecule has 0 aromatic carbocycles. The van der Waals surface area contributed by atoms with Gasteiger partial charge in [-0.3, -0.25) is 4.79 Å². The quantitative estimate of drug-likeness (QED) is 0.360. The smallest absolute Gasteiger partial charge is 0.302 e. The van der Waals surface area contributed by atoms with Crippen LogP contribution in [0.2, 0.25) is 0 Å². The Kier molecular flexibility index (Phi) is 15.0. The van der Waals surface area contributed by atoms with Gasteiger partial charge in [-0.05, 0) is 6.42 Å². The van der Waals surface area contributed by atoms with E-state index in [9.17, 15) is 4.79 Å². The highest BCUT2D eigenvalue weighted by molar-refractivity contribution is 5.65. The zero-order chi connectivity index (χ0) is 14.2. The van der Waals surface area contributed by atoms with Crippen molar-refractivity contribution in [2.75, 3.05) is 33.0 Å². The van der Waals surface area contributed by atoms with Crippen molar-refractivity contribution in [1.29, 1.82) is 0 Å². The van der Waals surface area contributed by atoms with Crippen molar-refractivity contribution in [2.24, 2.45) is 0 Å². The molecule has 0 N–H and O–H groups in total. The van der Waals surface area contributed by atoms with Gasteiger partial charge in [0.05, 0.1) is 19.8 Å². The average Bonchev–Trinajstić information content (AvgIpc) is 2.39. The van der Waals surface area contributed by atoms with Crippen LogP contribution in [-0.4, -0.2) is 39.0 Å². The normalized spacial score (nSPS) is 10.6. The molecule has 0 atom stereocenters. The van der Waals surface area contributed by atoms with Gasteiger partial charge in [-0.1, -0.05) is 45.4 Å². The molecule has 0 fully saturated rings. The molecule has 0 bridgehead atoms. The Bertz CT molecular complexity index is 195. The molecule has 4 heteroatoms. The van der Waals surface area contributed by atoms with E-state index in [1.807, 2.05) is 0 Å². The molecular weight excluding hydrogens is 244 g/mol. The first-order chi connectivity index (χ1) is 9.27. The predicted molar refractivity (Wildman–Crippen MR) is 76.3 cm³/mol. The fraction of sp³-hybridized carbons (Fsp3) is 0.933. The van der Waals surface area contributed by atoms with E-state index in [0.717, 1.165) is 13.0 Å². The van der Waals surface area contributed by atoms with Gasteiger partial charge in [-0.15, -0.1) is 0 Å². The predicted octanol–water partition coefficient (Wildman–Crippen LogP) is 3.33. The lowest BCUT2D eigenvalue weighted by Gasteiger charge is -2.06. The molecule has 4 nitrogen and oxygen atoms in total. The fourth-order valence-electron chi connectivity index (χ4n) is 1.73. The Morgan fingerprint density at radius 3 is 1.89 bits per heavy atom.